The molecule has 0 spiro atoms. The maximum atomic E-state index is 14.7. The average molecular weight is 2110 g/mol. The van der Waals surface area contributed by atoms with Crippen molar-refractivity contribution in [3.8, 4) is 17.2 Å². The zero-order valence-electron chi connectivity index (χ0n) is 82.4. The van der Waals surface area contributed by atoms with Gasteiger partial charge in [0.25, 0.3) is 5.91 Å². The molecule has 6 atom stereocenters. The molecule has 5 aliphatic heterocycles. The molecule has 16 rings (SSSR count). The third kappa shape index (κ3) is 31.2. The monoisotopic (exact) mass is 2110 g/mol. The number of hydrogen-bond acceptors (Lipinski definition) is 24. The molecular weight excluding hydrogens is 1980 g/mol. The summed E-state index contributed by atoms with van der Waals surface area (Å²) in [5.41, 5.74) is 1.67. The van der Waals surface area contributed by atoms with E-state index in [0.717, 1.165) is 115 Å². The predicted octanol–water partition coefficient (Wildman–Crippen LogP) is 18.8. The molecule has 3 aliphatic carbocycles. The molecular formula is C107H137Cl3N12O16S5. The number of Topliss-reactive ketones (excluding diaryl/α,β-unsaturated/α-hetero) is 3. The first-order chi connectivity index (χ1) is 69.0. The third-order valence-electron chi connectivity index (χ3n) is 28.9. The van der Waals surface area contributed by atoms with Gasteiger partial charge in [0.2, 0.25) is 23.6 Å². The number of halogens is 3. The van der Waals surface area contributed by atoms with E-state index in [1.807, 2.05) is 113 Å². The number of thiophene rings is 3. The van der Waals surface area contributed by atoms with Crippen LogP contribution in [0, 0.1) is 17.3 Å². The minimum absolute atomic E-state index is 0.00370. The fraction of sp³-hybridized carbons (Fsp3) is 0.551. The van der Waals surface area contributed by atoms with E-state index in [9.17, 15) is 61.2 Å². The van der Waals surface area contributed by atoms with E-state index in [1.165, 1.54) is 51.6 Å². The number of benzene rings is 4. The molecule has 0 radical (unpaired) electrons. The molecule has 36 heteroatoms. The van der Waals surface area contributed by atoms with Crippen LogP contribution < -0.4 is 30.2 Å². The zero-order valence-corrected chi connectivity index (χ0v) is 88.8. The lowest BCUT2D eigenvalue weighted by atomic mass is 9.84. The summed E-state index contributed by atoms with van der Waals surface area (Å²) in [5.74, 6) is 0.431. The third-order valence-corrected chi connectivity index (χ3v) is 34.3. The number of unbranched alkanes of at least 4 members (excludes halogenated alkanes) is 2. The maximum Gasteiger partial charge on any atom is 0.415 e. The Bertz CT molecular complexity index is 5670. The van der Waals surface area contributed by atoms with Crippen molar-refractivity contribution >= 4 is 166 Å². The molecule has 4 aromatic heterocycles. The summed E-state index contributed by atoms with van der Waals surface area (Å²) in [6, 6.07) is 33.4. The number of amides is 8. The Labute approximate surface area is 871 Å². The fourth-order valence-electron chi connectivity index (χ4n) is 20.9. The lowest BCUT2D eigenvalue weighted by Gasteiger charge is -2.45. The van der Waals surface area contributed by atoms with Gasteiger partial charge < -0.3 is 69.4 Å². The Balaban J connectivity index is 0.000000170. The predicted molar refractivity (Wildman–Crippen MR) is 563 cm³/mol. The number of thiazole rings is 1. The Hall–Kier alpha value is -9.26. The normalized spacial score (nSPS) is 19.6. The summed E-state index contributed by atoms with van der Waals surface area (Å²) in [5, 5.41) is 21.5. The first-order valence-electron chi connectivity index (χ1n) is 51.0. The molecule has 143 heavy (non-hydrogen) atoms. The van der Waals surface area contributed by atoms with Gasteiger partial charge in [-0.3, -0.25) is 38.4 Å². The van der Waals surface area contributed by atoms with Crippen LogP contribution >= 0.6 is 80.1 Å². The number of ketones is 3. The van der Waals surface area contributed by atoms with Crippen molar-refractivity contribution in [3.05, 3.63) is 184 Å². The van der Waals surface area contributed by atoms with Crippen LogP contribution in [0.4, 0.5) is 14.4 Å². The van der Waals surface area contributed by atoms with Crippen molar-refractivity contribution in [3.63, 3.8) is 0 Å². The van der Waals surface area contributed by atoms with Gasteiger partial charge in [0.15, 0.2) is 34.6 Å². The molecule has 772 valence electrons. The molecule has 8 amide bonds. The van der Waals surface area contributed by atoms with E-state index in [-0.39, 0.29) is 178 Å². The van der Waals surface area contributed by atoms with E-state index in [2.05, 4.69) is 20.9 Å². The molecule has 5 saturated heterocycles. The van der Waals surface area contributed by atoms with Crippen molar-refractivity contribution in [2.24, 2.45) is 17.3 Å². The lowest BCUT2D eigenvalue weighted by Crippen LogP contribution is -2.64. The fourth-order valence-corrected chi connectivity index (χ4v) is 24.9. The summed E-state index contributed by atoms with van der Waals surface area (Å²) >= 11 is 25.3. The number of aromatic nitrogens is 1. The van der Waals surface area contributed by atoms with Gasteiger partial charge >= 0.3 is 18.3 Å². The number of sulfone groups is 1. The number of ether oxygens (including phenoxy) is 3. The molecule has 4 aromatic carbocycles. The number of fused-ring (bicyclic) bond motifs is 1. The standard InChI is InChI=1S/C36H49ClN4O5S.C36H46ClN3O6S2.C35H42ClN5O5S2/c1-36(2,3)34(44)39-19-17-25(18-20-39)32(38-26-10-5-4-6-11-26)33(43)41-22-21-40(35(45)46-31-14-8-7-13-28(31)37)24-29(41)30(42)16-15-27-12-9-23-47-27;1-48(44,45)24-9-3-6-16-30(38-27-12-4-2-5-13-27)35(42)40-22-21-39(25-31(40)32(41)19-18-28-14-10-23-47-28)36(43)46-33-20-17-26-11-7-8-15-29(26)34(33)37;36-27-10-4-5-11-31(27)46-35(45)40-18-19-41(29(21-40)30(42)13-12-26-9-6-20-48-26)34(44)32(38-25-7-2-1-3-8-25)24-14-16-39(17-15-24)33(43)28-22-47-23-37-28/h7-9,12-14,23,25-26,29,32,38H,4-6,10-11,15-22,24H2,1-3H3;7-8,10-11,14-15,17,20,23,27,30-31,38H,2-6,9,12-13,16,18-19,21-22,24-25H2,1H3;4-6,9-11,20,22-25,29,32,38H,1-3,7-8,12-19,21H2/t29-,32+;30-,31+;29-,32+/m010/s1. The van der Waals surface area contributed by atoms with Crippen molar-refractivity contribution in [1.82, 2.24) is 60.1 Å². The summed E-state index contributed by atoms with van der Waals surface area (Å²) in [4.78, 5) is 173. The summed E-state index contributed by atoms with van der Waals surface area (Å²) in [7, 11) is -3.04. The second kappa shape index (κ2) is 53.4. The lowest BCUT2D eigenvalue weighted by molar-refractivity contribution is -0.147. The van der Waals surface area contributed by atoms with Crippen LogP contribution in [0.15, 0.2) is 148 Å². The van der Waals surface area contributed by atoms with Gasteiger partial charge in [-0.1, -0.05) is 199 Å². The topological polar surface area (TPSA) is 324 Å². The SMILES string of the molecule is CC(C)(C)C(=O)N1CCC([C@@H](NC2CCCCC2)C(=O)N2CCN(C(=O)Oc3ccccc3Cl)C[C@H]2C(=O)CCc2cccs2)CC1.CS(=O)(=O)CCCCC[C@@H](NC1CCCCC1)C(=O)N1CCN(C(=O)Oc2ccc3ccccc3c2Cl)C[C@H]1C(=O)CCc1cccs1.O=C(CCc1cccs1)[C@@H]1CN(C(=O)Oc2ccccc2Cl)CCN1C(=O)[C@H](NC1CCCCC1)C1CCN(C(=O)c2cscn2)CC1. The van der Waals surface area contributed by atoms with Gasteiger partial charge in [-0.2, -0.15) is 0 Å². The molecule has 0 unspecified atom stereocenters. The molecule has 8 aromatic rings. The van der Waals surface area contributed by atoms with Gasteiger partial charge in [-0.15, -0.1) is 45.3 Å². The Morgan fingerprint density at radius 1 is 0.434 bits per heavy atom. The minimum Gasteiger partial charge on any atom is -0.409 e. The molecule has 28 nitrogen and oxygen atoms in total. The van der Waals surface area contributed by atoms with Crippen molar-refractivity contribution in [2.45, 2.75) is 261 Å². The van der Waals surface area contributed by atoms with Gasteiger partial charge in [0.1, 0.15) is 33.7 Å². The van der Waals surface area contributed by atoms with E-state index >= 15 is 0 Å². The smallest absolute Gasteiger partial charge is 0.409 e. The number of carbonyl (C=O) groups is 11. The number of aryl methyl sites for hydroxylation is 3. The number of nitrogens with zero attached hydrogens (tertiary/aromatic N) is 9. The van der Waals surface area contributed by atoms with Crippen LogP contribution in [0.25, 0.3) is 10.8 Å². The number of hydrogen-bond donors (Lipinski definition) is 3. The highest BCUT2D eigenvalue weighted by Gasteiger charge is 2.48. The minimum atomic E-state index is -3.04. The highest BCUT2D eigenvalue weighted by molar-refractivity contribution is 7.90. The second-order valence-electron chi connectivity index (χ2n) is 40.1. The van der Waals surface area contributed by atoms with Gasteiger partial charge in [0, 0.05) is 146 Å². The summed E-state index contributed by atoms with van der Waals surface area (Å²) in [6.07, 6.45) is 23.6. The van der Waals surface area contributed by atoms with Gasteiger partial charge in [0.05, 0.1) is 58.3 Å². The van der Waals surface area contributed by atoms with Crippen LogP contribution in [-0.2, 0) is 62.7 Å². The molecule has 8 fully saturated rings. The number of carbonyl (C=O) groups excluding carboxylic acids is 11. The summed E-state index contributed by atoms with van der Waals surface area (Å²) < 4.78 is 40.3. The number of likely N-dealkylation sites (tertiary alicyclic amines) is 2. The first kappa shape index (κ1) is 109. The van der Waals surface area contributed by atoms with E-state index in [1.54, 1.807) is 114 Å². The molecule has 8 aliphatic rings. The largest absolute Gasteiger partial charge is 0.415 e. The molecule has 3 N–H and O–H groups in total. The van der Waals surface area contributed by atoms with E-state index in [0.29, 0.717) is 105 Å². The first-order valence-corrected chi connectivity index (χ1v) is 57.8. The number of rotatable bonds is 33. The Morgan fingerprint density at radius 2 is 0.839 bits per heavy atom. The van der Waals surface area contributed by atoms with Crippen LogP contribution in [-0.4, -0.2) is 269 Å². The Kier molecular flexibility index (Phi) is 40.9. The van der Waals surface area contributed by atoms with Crippen LogP contribution in [0.5, 0.6) is 17.2 Å². The molecule has 3 saturated carbocycles. The maximum absolute atomic E-state index is 14.7. The number of piperidine rings is 2. The van der Waals surface area contributed by atoms with Crippen molar-refractivity contribution < 1.29 is 75.4 Å². The number of para-hydroxylation sites is 2. The van der Waals surface area contributed by atoms with Crippen molar-refractivity contribution in [1.29, 1.82) is 0 Å². The summed E-state index contributed by atoms with van der Waals surface area (Å²) in [6.45, 7) is 9.64. The van der Waals surface area contributed by atoms with Crippen LogP contribution in [0.3, 0.4) is 0 Å². The van der Waals surface area contributed by atoms with Gasteiger partial charge in [-0.05, 0) is 178 Å². The number of piperazine rings is 3. The zero-order chi connectivity index (χ0) is 101. The Morgan fingerprint density at radius 3 is 1.24 bits per heavy atom. The molecule has 9 heterocycles. The quantitative estimate of drug-likeness (QED) is 0.0322. The van der Waals surface area contributed by atoms with Crippen LogP contribution in [0.1, 0.15) is 213 Å². The van der Waals surface area contributed by atoms with E-state index < -0.39 is 69.8 Å². The van der Waals surface area contributed by atoms with E-state index in [4.69, 9.17) is 49.0 Å². The second-order valence-corrected chi connectivity index (χ2v) is 47.3. The number of nitrogens with one attached hydrogen (secondary N) is 3. The van der Waals surface area contributed by atoms with Crippen molar-refractivity contribution in [2.75, 3.05) is 97.1 Å². The molecule has 0 bridgehead atoms. The van der Waals surface area contributed by atoms with Gasteiger partial charge in [-0.25, -0.2) is 27.8 Å². The average Bonchev–Trinajstić information content (AvgIpc) is 0.887. The van der Waals surface area contributed by atoms with Crippen LogP contribution in [0.2, 0.25) is 15.1 Å². The highest BCUT2D eigenvalue weighted by atomic mass is 35.5. The highest BCUT2D eigenvalue weighted by Crippen LogP contribution is 2.38.